The third kappa shape index (κ3) is 4.76. The van der Waals surface area contributed by atoms with Crippen molar-refractivity contribution < 1.29 is 9.47 Å². The maximum atomic E-state index is 5.67. The van der Waals surface area contributed by atoms with E-state index in [1.807, 2.05) is 6.07 Å². The van der Waals surface area contributed by atoms with Gasteiger partial charge in [-0.05, 0) is 55.5 Å². The Labute approximate surface area is 213 Å². The van der Waals surface area contributed by atoms with E-state index in [0.29, 0.717) is 6.79 Å². The summed E-state index contributed by atoms with van der Waals surface area (Å²) >= 11 is 0. The average molecular weight is 480 g/mol. The molecule has 0 saturated heterocycles. The average Bonchev–Trinajstić information content (AvgIpc) is 3.66. The van der Waals surface area contributed by atoms with Crippen molar-refractivity contribution in [1.82, 2.24) is 14.7 Å². The molecule has 0 radical (unpaired) electrons. The van der Waals surface area contributed by atoms with Crippen LogP contribution in [-0.2, 0) is 13.1 Å². The maximum absolute atomic E-state index is 5.67. The largest absolute Gasteiger partial charge is 0.454 e. The fraction of sp³-hybridized carbons (Fsp3) is 0.323. The van der Waals surface area contributed by atoms with E-state index in [0.717, 1.165) is 54.0 Å². The zero-order valence-corrected chi connectivity index (χ0v) is 20.9. The number of ether oxygens (including phenoxy) is 2. The second-order valence-electron chi connectivity index (χ2n) is 10.0. The molecular formula is C31H33N3O2. The number of fused-ring (bicyclic) bond motifs is 1. The molecule has 1 aliphatic carbocycles. The molecule has 4 aromatic rings. The predicted octanol–water partition coefficient (Wildman–Crippen LogP) is 6.77. The first kappa shape index (κ1) is 22.9. The fourth-order valence-electron chi connectivity index (χ4n) is 5.64. The molecule has 2 aliphatic rings. The van der Waals surface area contributed by atoms with Crippen molar-refractivity contribution in [1.29, 1.82) is 0 Å². The Hall–Kier alpha value is -3.57. The lowest BCUT2D eigenvalue weighted by molar-refractivity contribution is 0.173. The molecule has 0 atom stereocenters. The molecule has 0 N–H and O–H groups in total. The molecule has 1 saturated carbocycles. The van der Waals surface area contributed by atoms with E-state index in [-0.39, 0.29) is 0 Å². The van der Waals surface area contributed by atoms with Gasteiger partial charge in [0.15, 0.2) is 11.5 Å². The van der Waals surface area contributed by atoms with Crippen molar-refractivity contribution in [3.8, 4) is 28.4 Å². The quantitative estimate of drug-likeness (QED) is 0.280. The van der Waals surface area contributed by atoms with Crippen molar-refractivity contribution in [2.75, 3.05) is 13.3 Å². The van der Waals surface area contributed by atoms with Crippen LogP contribution >= 0.6 is 0 Å². The standard InChI is InChI=1S/C31H33N3O2/c1-23-28(31(26-12-4-2-5-13-26)32-34(23)27-14-6-3-7-15-27)21-33(19-24-10-8-9-11-24)20-25-16-17-29-30(18-25)36-22-35-29/h2-7,12-18,24H,8-11,19-22H2,1H3. The summed E-state index contributed by atoms with van der Waals surface area (Å²) in [5.74, 6) is 2.45. The molecule has 184 valence electrons. The Morgan fingerprint density at radius 1 is 0.861 bits per heavy atom. The van der Waals surface area contributed by atoms with Crippen molar-refractivity contribution in [2.45, 2.75) is 45.7 Å². The number of hydrogen-bond donors (Lipinski definition) is 0. The van der Waals surface area contributed by atoms with E-state index < -0.39 is 0 Å². The van der Waals surface area contributed by atoms with Crippen LogP contribution in [0.2, 0.25) is 0 Å². The van der Waals surface area contributed by atoms with Crippen LogP contribution in [0, 0.1) is 12.8 Å². The first-order valence-electron chi connectivity index (χ1n) is 13.0. The summed E-state index contributed by atoms with van der Waals surface area (Å²) < 4.78 is 13.3. The first-order valence-corrected chi connectivity index (χ1v) is 13.0. The maximum Gasteiger partial charge on any atom is 0.231 e. The summed E-state index contributed by atoms with van der Waals surface area (Å²) in [6.07, 6.45) is 5.35. The summed E-state index contributed by atoms with van der Waals surface area (Å²) in [4.78, 5) is 2.61. The molecule has 0 amide bonds. The zero-order valence-electron chi connectivity index (χ0n) is 20.9. The Kier molecular flexibility index (Phi) is 6.48. The number of benzene rings is 3. The van der Waals surface area contributed by atoms with Crippen LogP contribution in [0.3, 0.4) is 0 Å². The van der Waals surface area contributed by atoms with Crippen LogP contribution in [0.4, 0.5) is 0 Å². The summed E-state index contributed by atoms with van der Waals surface area (Å²) in [5.41, 5.74) is 7.07. The highest BCUT2D eigenvalue weighted by atomic mass is 16.7. The molecule has 3 aromatic carbocycles. The Bertz CT molecular complexity index is 1310. The lowest BCUT2D eigenvalue weighted by Gasteiger charge is -2.26. The van der Waals surface area contributed by atoms with Gasteiger partial charge in [0.05, 0.1) is 11.4 Å². The number of nitrogens with zero attached hydrogens (tertiary/aromatic N) is 3. The molecular weight excluding hydrogens is 446 g/mol. The minimum Gasteiger partial charge on any atom is -0.454 e. The smallest absolute Gasteiger partial charge is 0.231 e. The van der Waals surface area contributed by atoms with Crippen LogP contribution in [-0.4, -0.2) is 28.0 Å². The highest BCUT2D eigenvalue weighted by Crippen LogP contribution is 2.35. The Morgan fingerprint density at radius 3 is 2.36 bits per heavy atom. The Balaban J connectivity index is 1.36. The van der Waals surface area contributed by atoms with Gasteiger partial charge in [-0.3, -0.25) is 4.90 Å². The van der Waals surface area contributed by atoms with Gasteiger partial charge in [-0.15, -0.1) is 0 Å². The predicted molar refractivity (Wildman–Crippen MR) is 142 cm³/mol. The van der Waals surface area contributed by atoms with Crippen LogP contribution < -0.4 is 9.47 Å². The molecule has 5 nitrogen and oxygen atoms in total. The summed E-state index contributed by atoms with van der Waals surface area (Å²) in [6.45, 7) is 5.34. The van der Waals surface area contributed by atoms with Gasteiger partial charge in [0.1, 0.15) is 0 Å². The second kappa shape index (κ2) is 10.2. The Morgan fingerprint density at radius 2 is 1.58 bits per heavy atom. The minimum atomic E-state index is 0.308. The lowest BCUT2D eigenvalue weighted by atomic mass is 10.0. The lowest BCUT2D eigenvalue weighted by Crippen LogP contribution is -2.28. The van der Waals surface area contributed by atoms with E-state index in [4.69, 9.17) is 14.6 Å². The van der Waals surface area contributed by atoms with E-state index in [1.165, 1.54) is 42.5 Å². The van der Waals surface area contributed by atoms with Crippen molar-refractivity contribution >= 4 is 0 Å². The van der Waals surface area contributed by atoms with Crippen molar-refractivity contribution in [2.24, 2.45) is 5.92 Å². The van der Waals surface area contributed by atoms with Gasteiger partial charge >= 0.3 is 0 Å². The minimum absolute atomic E-state index is 0.308. The van der Waals surface area contributed by atoms with E-state index in [2.05, 4.69) is 89.3 Å². The van der Waals surface area contributed by atoms with Crippen LogP contribution in [0.25, 0.3) is 16.9 Å². The molecule has 0 unspecified atom stereocenters. The summed E-state index contributed by atoms with van der Waals surface area (Å²) in [6, 6.07) is 27.4. The number of para-hydroxylation sites is 1. The highest BCUT2D eigenvalue weighted by molar-refractivity contribution is 5.65. The van der Waals surface area contributed by atoms with Gasteiger partial charge < -0.3 is 9.47 Å². The molecule has 5 heteroatoms. The summed E-state index contributed by atoms with van der Waals surface area (Å²) in [7, 11) is 0. The van der Waals surface area contributed by atoms with Crippen molar-refractivity contribution in [3.63, 3.8) is 0 Å². The third-order valence-electron chi connectivity index (χ3n) is 7.50. The van der Waals surface area contributed by atoms with Crippen LogP contribution in [0.1, 0.15) is 42.5 Å². The third-order valence-corrected chi connectivity index (χ3v) is 7.50. The molecule has 6 rings (SSSR count). The first-order chi connectivity index (χ1) is 17.7. The second-order valence-corrected chi connectivity index (χ2v) is 10.0. The molecule has 1 aliphatic heterocycles. The van der Waals surface area contributed by atoms with E-state index in [1.54, 1.807) is 0 Å². The van der Waals surface area contributed by atoms with Gasteiger partial charge in [-0.1, -0.05) is 67.4 Å². The topological polar surface area (TPSA) is 39.5 Å². The highest BCUT2D eigenvalue weighted by Gasteiger charge is 2.24. The molecule has 36 heavy (non-hydrogen) atoms. The summed E-state index contributed by atoms with van der Waals surface area (Å²) in [5, 5.41) is 5.14. The molecule has 1 fully saturated rings. The van der Waals surface area contributed by atoms with Gasteiger partial charge in [-0.25, -0.2) is 4.68 Å². The van der Waals surface area contributed by atoms with Crippen LogP contribution in [0.5, 0.6) is 11.5 Å². The molecule has 0 bridgehead atoms. The van der Waals surface area contributed by atoms with Crippen LogP contribution in [0.15, 0.2) is 78.9 Å². The van der Waals surface area contributed by atoms with Crippen molar-refractivity contribution in [3.05, 3.63) is 95.7 Å². The monoisotopic (exact) mass is 479 g/mol. The van der Waals surface area contributed by atoms with Gasteiger partial charge in [0, 0.05) is 36.5 Å². The van der Waals surface area contributed by atoms with Gasteiger partial charge in [-0.2, -0.15) is 5.10 Å². The number of rotatable bonds is 8. The molecule has 2 heterocycles. The zero-order chi connectivity index (χ0) is 24.3. The van der Waals surface area contributed by atoms with Gasteiger partial charge in [0.2, 0.25) is 6.79 Å². The molecule has 0 spiro atoms. The SMILES string of the molecule is Cc1c(CN(Cc2ccc3c(c2)OCO3)CC2CCCC2)c(-c2ccccc2)nn1-c1ccccc1. The fourth-order valence-corrected chi connectivity index (χ4v) is 5.64. The number of hydrogen-bond acceptors (Lipinski definition) is 4. The van der Waals surface area contributed by atoms with E-state index >= 15 is 0 Å². The van der Waals surface area contributed by atoms with Gasteiger partial charge in [0.25, 0.3) is 0 Å². The normalized spacial score (nSPS) is 15.2. The number of aromatic nitrogens is 2. The van der Waals surface area contributed by atoms with E-state index in [9.17, 15) is 0 Å². The molecule has 1 aromatic heterocycles.